The monoisotopic (exact) mass is 564 g/mol. The van der Waals surface area contributed by atoms with Crippen LogP contribution < -0.4 is 5.32 Å². The van der Waals surface area contributed by atoms with Crippen LogP contribution >= 0.6 is 22.9 Å². The summed E-state index contributed by atoms with van der Waals surface area (Å²) in [5.74, 6) is 0.576. The number of aromatic amines is 1. The molecule has 1 aliphatic carbocycles. The SMILES string of the molecule is CC(C)(C)C1CCC(N(Cc2ccc(C(=O)Nc3nn[nH]n3)cc2)C(=O)Cc2csc3ccc(Cl)cc23)CC1. The predicted octanol–water partition coefficient (Wildman–Crippen LogP) is 6.50. The first kappa shape index (κ1) is 27.3. The highest BCUT2D eigenvalue weighted by atomic mass is 35.5. The topological polar surface area (TPSA) is 104 Å². The van der Waals surface area contributed by atoms with E-state index < -0.39 is 0 Å². The minimum atomic E-state index is -0.320. The van der Waals surface area contributed by atoms with Crippen LogP contribution in [0, 0.1) is 11.3 Å². The van der Waals surface area contributed by atoms with Crippen molar-refractivity contribution in [1.29, 1.82) is 0 Å². The van der Waals surface area contributed by atoms with E-state index in [2.05, 4.69) is 57.0 Å². The minimum Gasteiger partial charge on any atom is -0.335 e. The van der Waals surface area contributed by atoms with Crippen molar-refractivity contribution in [2.24, 2.45) is 11.3 Å². The van der Waals surface area contributed by atoms with Crippen molar-refractivity contribution >= 4 is 50.8 Å². The fraction of sp³-hybridized carbons (Fsp3) is 0.414. The van der Waals surface area contributed by atoms with Gasteiger partial charge >= 0.3 is 0 Å². The molecule has 0 saturated heterocycles. The number of thiophene rings is 1. The van der Waals surface area contributed by atoms with Crippen LogP contribution in [0.1, 0.15) is 67.9 Å². The maximum absolute atomic E-state index is 13.9. The van der Waals surface area contributed by atoms with E-state index in [0.717, 1.165) is 46.9 Å². The Labute approximate surface area is 237 Å². The summed E-state index contributed by atoms with van der Waals surface area (Å²) in [4.78, 5) is 28.5. The molecule has 5 rings (SSSR count). The van der Waals surface area contributed by atoms with E-state index in [0.29, 0.717) is 29.5 Å². The standard InChI is InChI=1S/C29H33ClN6O2S/c1-29(2,3)21-8-11-23(12-9-21)36(26(37)14-20-17-39-25-13-10-22(30)15-24(20)25)16-18-4-6-19(7-5-18)27(38)31-28-32-34-35-33-28/h4-7,10,13,15,17,21,23H,8-9,11-12,14,16H2,1-3H3,(H2,31,32,33,34,35,38). The van der Waals surface area contributed by atoms with E-state index in [-0.39, 0.29) is 29.2 Å². The molecule has 0 aliphatic heterocycles. The van der Waals surface area contributed by atoms with E-state index in [1.54, 1.807) is 23.5 Å². The maximum Gasteiger partial charge on any atom is 0.270 e. The van der Waals surface area contributed by atoms with E-state index in [1.165, 1.54) is 0 Å². The van der Waals surface area contributed by atoms with Gasteiger partial charge in [0.05, 0.1) is 6.42 Å². The zero-order valence-electron chi connectivity index (χ0n) is 22.4. The Kier molecular flexibility index (Phi) is 8.00. The lowest BCUT2D eigenvalue weighted by atomic mass is 9.71. The number of fused-ring (bicyclic) bond motifs is 1. The van der Waals surface area contributed by atoms with Gasteiger partial charge in [-0.25, -0.2) is 0 Å². The molecular formula is C29H33ClN6O2S. The molecule has 1 fully saturated rings. The van der Waals surface area contributed by atoms with Gasteiger partial charge in [0.25, 0.3) is 11.9 Å². The Morgan fingerprint density at radius 3 is 2.51 bits per heavy atom. The van der Waals surface area contributed by atoms with Gasteiger partial charge in [0.2, 0.25) is 5.91 Å². The molecule has 2 aromatic heterocycles. The molecule has 8 nitrogen and oxygen atoms in total. The fourth-order valence-electron chi connectivity index (χ4n) is 5.48. The van der Waals surface area contributed by atoms with Gasteiger partial charge in [-0.2, -0.15) is 5.21 Å². The number of rotatable bonds is 7. The highest BCUT2D eigenvalue weighted by Crippen LogP contribution is 2.39. The fourth-order valence-corrected chi connectivity index (χ4v) is 6.59. The Morgan fingerprint density at radius 1 is 1.10 bits per heavy atom. The summed E-state index contributed by atoms with van der Waals surface area (Å²) in [6.45, 7) is 7.43. The molecule has 2 N–H and O–H groups in total. The zero-order valence-corrected chi connectivity index (χ0v) is 24.0. The highest BCUT2D eigenvalue weighted by molar-refractivity contribution is 7.17. The summed E-state index contributed by atoms with van der Waals surface area (Å²) in [5.41, 5.74) is 2.75. The smallest absolute Gasteiger partial charge is 0.270 e. The van der Waals surface area contributed by atoms with Gasteiger partial charge in [-0.3, -0.25) is 14.9 Å². The number of halogens is 1. The van der Waals surface area contributed by atoms with E-state index in [9.17, 15) is 9.59 Å². The number of anilines is 1. The third-order valence-electron chi connectivity index (χ3n) is 7.78. The lowest BCUT2D eigenvalue weighted by Crippen LogP contribution is -2.43. The summed E-state index contributed by atoms with van der Waals surface area (Å²) < 4.78 is 1.13. The van der Waals surface area contributed by atoms with Gasteiger partial charge in [0.1, 0.15) is 0 Å². The molecule has 0 unspecified atom stereocenters. The summed E-state index contributed by atoms with van der Waals surface area (Å²) in [5, 5.41) is 19.7. The lowest BCUT2D eigenvalue weighted by Gasteiger charge is -2.41. The largest absolute Gasteiger partial charge is 0.335 e. The molecule has 1 aliphatic rings. The minimum absolute atomic E-state index is 0.118. The van der Waals surface area contributed by atoms with E-state index >= 15 is 0 Å². The van der Waals surface area contributed by atoms with Crippen molar-refractivity contribution in [1.82, 2.24) is 25.5 Å². The molecule has 2 aromatic carbocycles. The third kappa shape index (κ3) is 6.47. The van der Waals surface area contributed by atoms with Crippen molar-refractivity contribution in [2.75, 3.05) is 5.32 Å². The van der Waals surface area contributed by atoms with Crippen LogP contribution in [0.4, 0.5) is 5.95 Å². The second-order valence-corrected chi connectivity index (χ2v) is 12.7. The van der Waals surface area contributed by atoms with Crippen LogP contribution in [-0.2, 0) is 17.8 Å². The van der Waals surface area contributed by atoms with Gasteiger partial charge in [0, 0.05) is 27.9 Å². The van der Waals surface area contributed by atoms with Crippen LogP contribution in [-0.4, -0.2) is 43.4 Å². The van der Waals surface area contributed by atoms with Crippen LogP contribution in [0.3, 0.4) is 0 Å². The summed E-state index contributed by atoms with van der Waals surface area (Å²) >= 11 is 7.91. The first-order valence-electron chi connectivity index (χ1n) is 13.3. The molecule has 2 heterocycles. The van der Waals surface area contributed by atoms with Crippen LogP contribution in [0.2, 0.25) is 5.02 Å². The Bertz CT molecular complexity index is 1440. The van der Waals surface area contributed by atoms with Crippen LogP contribution in [0.5, 0.6) is 0 Å². The summed E-state index contributed by atoms with van der Waals surface area (Å²) in [6.07, 6.45) is 4.56. The van der Waals surface area contributed by atoms with Crippen LogP contribution in [0.15, 0.2) is 47.8 Å². The molecule has 1 saturated carbocycles. The molecule has 2 amide bonds. The number of carbonyl (C=O) groups excluding carboxylic acids is 2. The number of carbonyl (C=O) groups is 2. The normalized spacial score (nSPS) is 17.7. The number of H-pyrrole nitrogens is 1. The van der Waals surface area contributed by atoms with Crippen molar-refractivity contribution in [2.45, 2.75) is 65.5 Å². The third-order valence-corrected chi connectivity index (χ3v) is 9.03. The molecule has 39 heavy (non-hydrogen) atoms. The molecule has 10 heteroatoms. The zero-order chi connectivity index (χ0) is 27.6. The van der Waals surface area contributed by atoms with Crippen molar-refractivity contribution in [3.8, 4) is 0 Å². The quantitative estimate of drug-likeness (QED) is 0.267. The number of aromatic nitrogens is 4. The van der Waals surface area contributed by atoms with Gasteiger partial charge in [-0.15, -0.1) is 16.4 Å². The number of nitrogens with one attached hydrogen (secondary N) is 2. The highest BCUT2D eigenvalue weighted by Gasteiger charge is 2.33. The Balaban J connectivity index is 1.34. The van der Waals surface area contributed by atoms with Gasteiger partial charge in [0.15, 0.2) is 0 Å². The van der Waals surface area contributed by atoms with Crippen molar-refractivity contribution in [3.63, 3.8) is 0 Å². The van der Waals surface area contributed by atoms with Crippen molar-refractivity contribution in [3.05, 3.63) is 69.6 Å². The number of amides is 2. The van der Waals surface area contributed by atoms with Gasteiger partial charge in [-0.05, 0) is 94.5 Å². The molecule has 0 spiro atoms. The summed E-state index contributed by atoms with van der Waals surface area (Å²) in [6, 6.07) is 13.4. The number of hydrogen-bond acceptors (Lipinski definition) is 6. The average Bonchev–Trinajstić information content (AvgIpc) is 3.57. The maximum atomic E-state index is 13.9. The lowest BCUT2D eigenvalue weighted by molar-refractivity contribution is -0.134. The van der Waals surface area contributed by atoms with Gasteiger partial charge in [-0.1, -0.05) is 49.6 Å². The molecule has 204 valence electrons. The van der Waals surface area contributed by atoms with E-state index in [1.807, 2.05) is 30.3 Å². The second-order valence-electron chi connectivity index (χ2n) is 11.4. The first-order chi connectivity index (χ1) is 18.7. The van der Waals surface area contributed by atoms with E-state index in [4.69, 9.17) is 11.6 Å². The number of nitrogens with zero attached hydrogens (tertiary/aromatic N) is 4. The Morgan fingerprint density at radius 2 is 1.85 bits per heavy atom. The molecule has 0 bridgehead atoms. The second kappa shape index (κ2) is 11.4. The molecule has 0 radical (unpaired) electrons. The predicted molar refractivity (Wildman–Crippen MR) is 155 cm³/mol. The van der Waals surface area contributed by atoms with Gasteiger partial charge < -0.3 is 4.90 Å². The average molecular weight is 565 g/mol. The number of tetrazole rings is 1. The molecular weight excluding hydrogens is 532 g/mol. The summed E-state index contributed by atoms with van der Waals surface area (Å²) in [7, 11) is 0. The molecule has 0 atom stereocenters. The number of hydrogen-bond donors (Lipinski definition) is 2. The molecule has 4 aromatic rings. The first-order valence-corrected chi connectivity index (χ1v) is 14.5. The number of benzene rings is 2. The van der Waals surface area contributed by atoms with Crippen LogP contribution in [0.25, 0.3) is 10.1 Å². The Hall–Kier alpha value is -3.30. The van der Waals surface area contributed by atoms with Crippen molar-refractivity contribution < 1.29 is 9.59 Å².